The second-order valence-corrected chi connectivity index (χ2v) is 4.46. The summed E-state index contributed by atoms with van der Waals surface area (Å²) < 4.78 is 1.72. The Morgan fingerprint density at radius 3 is 2.68 bits per heavy atom. The van der Waals surface area contributed by atoms with Gasteiger partial charge in [-0.25, -0.2) is 24.9 Å². The van der Waals surface area contributed by atoms with E-state index in [-0.39, 0.29) is 0 Å². The van der Waals surface area contributed by atoms with Gasteiger partial charge in [-0.05, 0) is 12.1 Å². The smallest absolute Gasteiger partial charge is 0.235 e. The number of aromatic nitrogens is 7. The maximum Gasteiger partial charge on any atom is 0.235 e. The fourth-order valence-corrected chi connectivity index (χ4v) is 2.01. The molecule has 0 aliphatic heterocycles. The molecule has 4 aromatic heterocycles. The van der Waals surface area contributed by atoms with Crippen molar-refractivity contribution in [3.8, 4) is 5.95 Å². The van der Waals surface area contributed by atoms with E-state index in [0.717, 1.165) is 5.69 Å². The third-order valence-corrected chi connectivity index (χ3v) is 3.04. The average molecular weight is 290 g/mol. The van der Waals surface area contributed by atoms with Crippen molar-refractivity contribution in [2.75, 3.05) is 5.32 Å². The van der Waals surface area contributed by atoms with E-state index in [1.165, 1.54) is 6.33 Å². The number of rotatable bonds is 3. The summed E-state index contributed by atoms with van der Waals surface area (Å²) in [5, 5.41) is 3.21. The Bertz CT molecular complexity index is 905. The number of hydrogen-bond donors (Lipinski definition) is 1. The zero-order chi connectivity index (χ0) is 14.8. The Balaban J connectivity index is 1.82. The molecule has 4 rings (SSSR count). The Hall–Kier alpha value is -3.42. The van der Waals surface area contributed by atoms with E-state index in [4.69, 9.17) is 0 Å². The van der Waals surface area contributed by atoms with Crippen molar-refractivity contribution in [1.82, 2.24) is 34.5 Å². The fourth-order valence-electron chi connectivity index (χ4n) is 2.01. The van der Waals surface area contributed by atoms with Crippen LogP contribution in [-0.4, -0.2) is 34.5 Å². The van der Waals surface area contributed by atoms with Gasteiger partial charge in [-0.15, -0.1) is 0 Å². The highest BCUT2D eigenvalue weighted by Crippen LogP contribution is 2.20. The molecule has 22 heavy (non-hydrogen) atoms. The number of fused-ring (bicyclic) bond motifs is 1. The van der Waals surface area contributed by atoms with E-state index in [0.29, 0.717) is 22.8 Å². The largest absolute Gasteiger partial charge is 0.338 e. The molecule has 0 unspecified atom stereocenters. The van der Waals surface area contributed by atoms with Crippen LogP contribution in [-0.2, 0) is 0 Å². The van der Waals surface area contributed by atoms with Gasteiger partial charge in [0.25, 0.3) is 0 Å². The molecule has 0 aromatic carbocycles. The molecule has 0 saturated carbocycles. The Kier molecular flexibility index (Phi) is 2.90. The molecule has 0 amide bonds. The third kappa shape index (κ3) is 2.22. The van der Waals surface area contributed by atoms with Crippen LogP contribution in [0.3, 0.4) is 0 Å². The van der Waals surface area contributed by atoms with E-state index >= 15 is 0 Å². The number of imidazole rings is 1. The van der Waals surface area contributed by atoms with Crippen molar-refractivity contribution < 1.29 is 0 Å². The van der Waals surface area contributed by atoms with Crippen LogP contribution in [0.5, 0.6) is 0 Å². The van der Waals surface area contributed by atoms with Gasteiger partial charge in [0.2, 0.25) is 5.95 Å². The Morgan fingerprint density at radius 1 is 0.955 bits per heavy atom. The van der Waals surface area contributed by atoms with E-state index < -0.39 is 0 Å². The molecule has 8 nitrogen and oxygen atoms in total. The van der Waals surface area contributed by atoms with Crippen molar-refractivity contribution in [1.29, 1.82) is 0 Å². The molecule has 0 aliphatic rings. The molecule has 0 bridgehead atoms. The highest BCUT2D eigenvalue weighted by atomic mass is 15.2. The predicted molar refractivity (Wildman–Crippen MR) is 79.8 cm³/mol. The monoisotopic (exact) mass is 290 g/mol. The first-order chi connectivity index (χ1) is 10.9. The highest BCUT2D eigenvalue weighted by molar-refractivity contribution is 5.86. The van der Waals surface area contributed by atoms with Crippen molar-refractivity contribution in [3.63, 3.8) is 0 Å². The summed E-state index contributed by atoms with van der Waals surface area (Å²) in [5.74, 6) is 1.12. The van der Waals surface area contributed by atoms with E-state index in [9.17, 15) is 0 Å². The second kappa shape index (κ2) is 5.17. The molecule has 1 N–H and O–H groups in total. The van der Waals surface area contributed by atoms with Gasteiger partial charge < -0.3 is 5.32 Å². The topological polar surface area (TPSA) is 94.3 Å². The molecule has 0 radical (unpaired) electrons. The van der Waals surface area contributed by atoms with Crippen LogP contribution in [0.15, 0.2) is 55.8 Å². The van der Waals surface area contributed by atoms with Crippen LogP contribution in [0.2, 0.25) is 0 Å². The van der Waals surface area contributed by atoms with Gasteiger partial charge in [0.15, 0.2) is 5.82 Å². The summed E-state index contributed by atoms with van der Waals surface area (Å²) in [7, 11) is 0. The summed E-state index contributed by atoms with van der Waals surface area (Å²) in [4.78, 5) is 25.2. The molecule has 0 aliphatic carbocycles. The second-order valence-electron chi connectivity index (χ2n) is 4.46. The van der Waals surface area contributed by atoms with Crippen LogP contribution in [0.4, 0.5) is 11.5 Å². The maximum absolute atomic E-state index is 4.52. The third-order valence-electron chi connectivity index (χ3n) is 3.04. The summed E-state index contributed by atoms with van der Waals surface area (Å²) >= 11 is 0. The number of anilines is 2. The van der Waals surface area contributed by atoms with Crippen LogP contribution in [0.1, 0.15) is 0 Å². The predicted octanol–water partition coefficient (Wildman–Crippen LogP) is 1.74. The fraction of sp³-hybridized carbons (Fsp3) is 0. The summed E-state index contributed by atoms with van der Waals surface area (Å²) in [6, 6.07) is 3.71. The van der Waals surface area contributed by atoms with Crippen molar-refractivity contribution in [3.05, 3.63) is 55.8 Å². The quantitative estimate of drug-likeness (QED) is 0.614. The van der Waals surface area contributed by atoms with Gasteiger partial charge in [-0.1, -0.05) is 0 Å². The van der Waals surface area contributed by atoms with Crippen molar-refractivity contribution >= 4 is 22.5 Å². The average Bonchev–Trinajstić information content (AvgIpc) is 3.10. The minimum Gasteiger partial charge on any atom is -0.338 e. The molecule has 0 spiro atoms. The molecular weight excluding hydrogens is 280 g/mol. The van der Waals surface area contributed by atoms with Crippen LogP contribution in [0.25, 0.3) is 17.0 Å². The normalized spacial score (nSPS) is 10.7. The molecule has 4 heterocycles. The standard InChI is InChI=1S/C14H10N8/c1-3-15-4-2-10(1)20-13-12-11(18-8-19-13)7-17-14(21-12)22-6-5-16-9-22/h1-9H,(H,15,18,19,20). The van der Waals surface area contributed by atoms with E-state index in [1.807, 2.05) is 12.1 Å². The lowest BCUT2D eigenvalue weighted by atomic mass is 10.3. The number of pyridine rings is 1. The van der Waals surface area contributed by atoms with Gasteiger partial charge in [-0.3, -0.25) is 9.55 Å². The zero-order valence-electron chi connectivity index (χ0n) is 11.3. The zero-order valence-corrected chi connectivity index (χ0v) is 11.3. The van der Waals surface area contributed by atoms with Crippen LogP contribution >= 0.6 is 0 Å². The molecular formula is C14H10N8. The lowest BCUT2D eigenvalue weighted by molar-refractivity contribution is 0.936. The van der Waals surface area contributed by atoms with Gasteiger partial charge in [0.1, 0.15) is 23.7 Å². The van der Waals surface area contributed by atoms with Crippen molar-refractivity contribution in [2.24, 2.45) is 0 Å². The van der Waals surface area contributed by atoms with Gasteiger partial charge in [-0.2, -0.15) is 0 Å². The van der Waals surface area contributed by atoms with E-state index in [1.54, 1.807) is 41.9 Å². The number of nitrogens with one attached hydrogen (secondary N) is 1. The minimum absolute atomic E-state index is 0.512. The Labute approximate surface area is 125 Å². The Morgan fingerprint density at radius 2 is 1.86 bits per heavy atom. The molecule has 0 fully saturated rings. The number of nitrogens with zero attached hydrogens (tertiary/aromatic N) is 7. The lowest BCUT2D eigenvalue weighted by Gasteiger charge is -2.08. The summed E-state index contributed by atoms with van der Waals surface area (Å²) in [6.45, 7) is 0. The molecule has 0 saturated heterocycles. The van der Waals surface area contributed by atoms with Crippen LogP contribution < -0.4 is 5.32 Å². The molecule has 106 valence electrons. The molecule has 8 heteroatoms. The van der Waals surface area contributed by atoms with Gasteiger partial charge in [0.05, 0.1) is 6.20 Å². The molecule has 4 aromatic rings. The first kappa shape index (κ1) is 12.3. The lowest BCUT2D eigenvalue weighted by Crippen LogP contribution is -2.02. The number of hydrogen-bond acceptors (Lipinski definition) is 7. The first-order valence-corrected chi connectivity index (χ1v) is 6.53. The SMILES string of the molecule is c1cc(Nc2ncnc3cnc(-n4ccnc4)nc23)ccn1. The first-order valence-electron chi connectivity index (χ1n) is 6.53. The summed E-state index contributed by atoms with van der Waals surface area (Å²) in [5.41, 5.74) is 2.17. The molecule has 0 atom stereocenters. The highest BCUT2D eigenvalue weighted by Gasteiger charge is 2.09. The van der Waals surface area contributed by atoms with Gasteiger partial charge in [0, 0.05) is 30.5 Å². The summed E-state index contributed by atoms with van der Waals surface area (Å²) in [6.07, 6.45) is 11.6. The minimum atomic E-state index is 0.512. The maximum atomic E-state index is 4.52. The van der Waals surface area contributed by atoms with Gasteiger partial charge >= 0.3 is 0 Å². The van der Waals surface area contributed by atoms with Crippen LogP contribution in [0, 0.1) is 0 Å². The van der Waals surface area contributed by atoms with Crippen molar-refractivity contribution in [2.45, 2.75) is 0 Å². The van der Waals surface area contributed by atoms with E-state index in [2.05, 4.69) is 35.2 Å².